The minimum atomic E-state index is 0.713. The number of nitrogens with zero attached hydrogens (tertiary/aromatic N) is 1. The van der Waals surface area contributed by atoms with Gasteiger partial charge in [-0.3, -0.25) is 4.99 Å². The van der Waals surface area contributed by atoms with E-state index in [9.17, 15) is 0 Å². The molecule has 2 aromatic rings. The molecule has 0 saturated heterocycles. The smallest absolute Gasteiger partial charge is 0.0639 e. The molecule has 0 bridgehead atoms. The van der Waals surface area contributed by atoms with Gasteiger partial charge >= 0.3 is 0 Å². The second kappa shape index (κ2) is 6.14. The van der Waals surface area contributed by atoms with Crippen LogP contribution in [0.1, 0.15) is 27.8 Å². The predicted octanol–water partition coefficient (Wildman–Crippen LogP) is 4.57. The van der Waals surface area contributed by atoms with Crippen LogP contribution in [0.2, 0.25) is 0 Å². The Morgan fingerprint density at radius 2 is 1.58 bits per heavy atom. The molecule has 0 aliphatic heterocycles. The first-order valence-corrected chi connectivity index (χ1v) is 6.47. The van der Waals surface area contributed by atoms with Crippen LogP contribution in [-0.4, -0.2) is 6.21 Å². The molecule has 96 valence electrons. The number of aryl methyl sites for hydroxylation is 2. The van der Waals surface area contributed by atoms with E-state index in [1.807, 2.05) is 12.3 Å². The fourth-order valence-electron chi connectivity index (χ4n) is 2.10. The van der Waals surface area contributed by atoms with Gasteiger partial charge in [-0.1, -0.05) is 66.2 Å². The van der Waals surface area contributed by atoms with Crippen LogP contribution in [0.5, 0.6) is 0 Å². The molecule has 0 spiro atoms. The average Bonchev–Trinajstić information content (AvgIpc) is 2.38. The Bertz CT molecular complexity index is 571. The van der Waals surface area contributed by atoms with Gasteiger partial charge in [-0.15, -0.1) is 0 Å². The van der Waals surface area contributed by atoms with Gasteiger partial charge in [0.2, 0.25) is 0 Å². The molecule has 0 atom stereocenters. The number of benzene rings is 2. The monoisotopic (exact) mass is 249 g/mol. The van der Waals surface area contributed by atoms with Gasteiger partial charge in [-0.05, 0) is 30.5 Å². The summed E-state index contributed by atoms with van der Waals surface area (Å²) in [5.41, 5.74) is 6.07. The Morgan fingerprint density at radius 1 is 0.947 bits per heavy atom. The molecular weight excluding hydrogens is 230 g/mol. The zero-order valence-electron chi connectivity index (χ0n) is 11.6. The molecule has 2 aromatic carbocycles. The van der Waals surface area contributed by atoms with Gasteiger partial charge < -0.3 is 0 Å². The highest BCUT2D eigenvalue weighted by molar-refractivity contribution is 5.80. The number of aliphatic imine (C=N–C) groups is 1. The highest BCUT2D eigenvalue weighted by atomic mass is 14.7. The molecule has 19 heavy (non-hydrogen) atoms. The van der Waals surface area contributed by atoms with Gasteiger partial charge in [-0.2, -0.15) is 0 Å². The second-order valence-corrected chi connectivity index (χ2v) is 4.84. The van der Waals surface area contributed by atoms with Crippen molar-refractivity contribution >= 4 is 12.3 Å². The maximum atomic E-state index is 4.50. The molecule has 0 aliphatic carbocycles. The molecule has 1 nitrogen and oxygen atoms in total. The summed E-state index contributed by atoms with van der Waals surface area (Å²) in [5, 5.41) is 0. The highest BCUT2D eigenvalue weighted by Crippen LogP contribution is 2.09. The third-order valence-electron chi connectivity index (χ3n) is 2.97. The van der Waals surface area contributed by atoms with Crippen molar-refractivity contribution in [1.82, 2.24) is 0 Å². The zero-order chi connectivity index (χ0) is 13.7. The van der Waals surface area contributed by atoms with Crippen LogP contribution in [0.15, 0.2) is 54.0 Å². The van der Waals surface area contributed by atoms with Gasteiger partial charge in [0.15, 0.2) is 0 Å². The molecule has 1 heteroatoms. The standard InChI is InChI=1S/C18H19N/c1-4-16-5-7-17(8-6-16)12-19-13-18-10-14(2)9-15(3)11-18/h4-11,13H,1,12H2,2-3H3. The molecule has 0 heterocycles. The Hall–Kier alpha value is -2.15. The van der Waals surface area contributed by atoms with Crippen molar-refractivity contribution in [2.75, 3.05) is 0 Å². The summed E-state index contributed by atoms with van der Waals surface area (Å²) in [4.78, 5) is 4.50. The highest BCUT2D eigenvalue weighted by Gasteiger charge is 1.93. The summed E-state index contributed by atoms with van der Waals surface area (Å²) in [6.07, 6.45) is 3.80. The Morgan fingerprint density at radius 3 is 2.16 bits per heavy atom. The van der Waals surface area contributed by atoms with E-state index in [0.717, 1.165) is 5.56 Å². The first-order chi connectivity index (χ1) is 9.17. The van der Waals surface area contributed by atoms with Gasteiger partial charge in [0.1, 0.15) is 0 Å². The van der Waals surface area contributed by atoms with E-state index in [-0.39, 0.29) is 0 Å². The zero-order valence-corrected chi connectivity index (χ0v) is 11.6. The topological polar surface area (TPSA) is 12.4 Å². The fourth-order valence-corrected chi connectivity index (χ4v) is 2.10. The molecule has 2 rings (SSSR count). The van der Waals surface area contributed by atoms with E-state index >= 15 is 0 Å². The van der Waals surface area contributed by atoms with Crippen LogP contribution in [0.25, 0.3) is 6.08 Å². The molecule has 0 N–H and O–H groups in total. The first-order valence-electron chi connectivity index (χ1n) is 6.47. The summed E-state index contributed by atoms with van der Waals surface area (Å²) in [6.45, 7) is 8.68. The summed E-state index contributed by atoms with van der Waals surface area (Å²) >= 11 is 0. The fraction of sp³-hybridized carbons (Fsp3) is 0.167. The minimum absolute atomic E-state index is 0.713. The van der Waals surface area contributed by atoms with Crippen molar-refractivity contribution in [3.8, 4) is 0 Å². The lowest BCUT2D eigenvalue weighted by Crippen LogP contribution is -1.87. The third kappa shape index (κ3) is 3.92. The van der Waals surface area contributed by atoms with Crippen LogP contribution < -0.4 is 0 Å². The molecular formula is C18H19N. The molecule has 0 fully saturated rings. The lowest BCUT2D eigenvalue weighted by molar-refractivity contribution is 1.08. The summed E-state index contributed by atoms with van der Waals surface area (Å²) in [7, 11) is 0. The van der Waals surface area contributed by atoms with Gasteiger partial charge in [0.05, 0.1) is 6.54 Å². The van der Waals surface area contributed by atoms with Gasteiger partial charge in [0.25, 0.3) is 0 Å². The minimum Gasteiger partial charge on any atom is -0.288 e. The second-order valence-electron chi connectivity index (χ2n) is 4.84. The molecule has 0 amide bonds. The average molecular weight is 249 g/mol. The molecule has 0 aromatic heterocycles. The number of rotatable bonds is 4. The van der Waals surface area contributed by atoms with Crippen LogP contribution in [-0.2, 0) is 6.54 Å². The Balaban J connectivity index is 2.04. The lowest BCUT2D eigenvalue weighted by Gasteiger charge is -2.00. The predicted molar refractivity (Wildman–Crippen MR) is 83.7 cm³/mol. The van der Waals surface area contributed by atoms with E-state index in [2.05, 4.69) is 67.9 Å². The van der Waals surface area contributed by atoms with E-state index < -0.39 is 0 Å². The summed E-state index contributed by atoms with van der Waals surface area (Å²) < 4.78 is 0. The van der Waals surface area contributed by atoms with Crippen LogP contribution in [0.4, 0.5) is 0 Å². The molecule has 0 aliphatic rings. The first kappa shape index (κ1) is 13.3. The molecule has 0 unspecified atom stereocenters. The molecule has 0 saturated carbocycles. The SMILES string of the molecule is C=Cc1ccc(CN=Cc2cc(C)cc(C)c2)cc1. The normalized spacial score (nSPS) is 10.8. The third-order valence-corrected chi connectivity index (χ3v) is 2.97. The van der Waals surface area contributed by atoms with Crippen LogP contribution in [0.3, 0.4) is 0 Å². The van der Waals surface area contributed by atoms with Crippen molar-refractivity contribution in [2.45, 2.75) is 20.4 Å². The van der Waals surface area contributed by atoms with Crippen LogP contribution >= 0.6 is 0 Å². The maximum absolute atomic E-state index is 4.50. The van der Waals surface area contributed by atoms with Crippen molar-refractivity contribution in [3.05, 3.63) is 76.9 Å². The lowest BCUT2D eigenvalue weighted by atomic mass is 10.1. The maximum Gasteiger partial charge on any atom is 0.0639 e. The van der Waals surface area contributed by atoms with Crippen LogP contribution in [0, 0.1) is 13.8 Å². The Kier molecular flexibility index (Phi) is 4.30. The number of hydrogen-bond acceptors (Lipinski definition) is 1. The quantitative estimate of drug-likeness (QED) is 0.704. The van der Waals surface area contributed by atoms with E-state index in [4.69, 9.17) is 0 Å². The summed E-state index contributed by atoms with van der Waals surface area (Å²) in [6, 6.07) is 14.8. The van der Waals surface area contributed by atoms with Gasteiger partial charge in [-0.25, -0.2) is 0 Å². The Labute approximate surface area is 115 Å². The van der Waals surface area contributed by atoms with Gasteiger partial charge in [0, 0.05) is 6.21 Å². The van der Waals surface area contributed by atoms with E-state index in [1.54, 1.807) is 0 Å². The van der Waals surface area contributed by atoms with Crippen molar-refractivity contribution in [3.63, 3.8) is 0 Å². The van der Waals surface area contributed by atoms with Crippen molar-refractivity contribution < 1.29 is 0 Å². The van der Waals surface area contributed by atoms with Crippen molar-refractivity contribution in [1.29, 1.82) is 0 Å². The van der Waals surface area contributed by atoms with E-state index in [1.165, 1.54) is 22.3 Å². The van der Waals surface area contributed by atoms with E-state index in [0.29, 0.717) is 6.54 Å². The largest absolute Gasteiger partial charge is 0.288 e. The summed E-state index contributed by atoms with van der Waals surface area (Å²) in [5.74, 6) is 0. The van der Waals surface area contributed by atoms with Crippen molar-refractivity contribution in [2.24, 2.45) is 4.99 Å². The number of hydrogen-bond donors (Lipinski definition) is 0. The molecule has 0 radical (unpaired) electrons.